The molecule has 0 N–H and O–H groups in total. The van der Waals surface area contributed by atoms with E-state index in [1.807, 2.05) is 0 Å². The van der Waals surface area contributed by atoms with Crippen molar-refractivity contribution >= 4 is 5.57 Å². The Morgan fingerprint density at radius 2 is 1.77 bits per heavy atom. The van der Waals surface area contributed by atoms with Crippen LogP contribution in [0.4, 0.5) is 0 Å². The van der Waals surface area contributed by atoms with E-state index < -0.39 is 0 Å². The second kappa shape index (κ2) is 4.70. The minimum absolute atomic E-state index is 0.0223. The van der Waals surface area contributed by atoms with Gasteiger partial charge in [-0.25, -0.2) is 0 Å². The number of benzene rings is 1. The van der Waals surface area contributed by atoms with Crippen molar-refractivity contribution in [2.24, 2.45) is 10.8 Å². The lowest BCUT2D eigenvalue weighted by Crippen LogP contribution is -2.37. The van der Waals surface area contributed by atoms with Crippen LogP contribution < -0.4 is 0 Å². The van der Waals surface area contributed by atoms with Gasteiger partial charge in [-0.3, -0.25) is 0 Å². The molecule has 4 rings (SSSR count). The van der Waals surface area contributed by atoms with Crippen molar-refractivity contribution in [2.45, 2.75) is 33.5 Å². The molecular weight excluding hydrogens is 272 g/mol. The van der Waals surface area contributed by atoms with Crippen LogP contribution in [0.25, 0.3) is 5.57 Å². The molecule has 1 aliphatic heterocycles. The van der Waals surface area contributed by atoms with E-state index >= 15 is 0 Å². The predicted octanol–water partition coefficient (Wildman–Crippen LogP) is 4.34. The smallest absolute Gasteiger partial charge is 0.172 e. The first-order valence-electron chi connectivity index (χ1n) is 8.08. The van der Waals surface area contributed by atoms with Crippen LogP contribution in [0.3, 0.4) is 0 Å². The van der Waals surface area contributed by atoms with Gasteiger partial charge in [0, 0.05) is 5.41 Å². The second-order valence-corrected chi connectivity index (χ2v) is 6.95. The standard InChI is InChI=1S/C20H22O2/c1-14-10-11-16-19(2,3)20(16,18-21-12-7-13-22-18)17(14)15-8-5-4-6-9-15/h4-6,8-10,18H,7,12-13H2,1-3H3. The number of rotatable bonds is 2. The van der Waals surface area contributed by atoms with Crippen molar-refractivity contribution in [3.8, 4) is 0 Å². The molecule has 3 aliphatic rings. The molecule has 2 nitrogen and oxygen atoms in total. The van der Waals surface area contributed by atoms with Crippen molar-refractivity contribution in [2.75, 3.05) is 13.2 Å². The molecule has 114 valence electrons. The third kappa shape index (κ3) is 1.63. The van der Waals surface area contributed by atoms with Crippen molar-refractivity contribution in [1.82, 2.24) is 0 Å². The Kier molecular flexibility index (Phi) is 2.99. The third-order valence-electron chi connectivity index (χ3n) is 5.41. The fourth-order valence-electron chi connectivity index (χ4n) is 4.31. The summed E-state index contributed by atoms with van der Waals surface area (Å²) < 4.78 is 12.1. The van der Waals surface area contributed by atoms with E-state index in [0.29, 0.717) is 0 Å². The van der Waals surface area contributed by atoms with Crippen LogP contribution in [0.1, 0.15) is 32.8 Å². The molecule has 22 heavy (non-hydrogen) atoms. The van der Waals surface area contributed by atoms with E-state index in [-0.39, 0.29) is 17.1 Å². The van der Waals surface area contributed by atoms with E-state index in [9.17, 15) is 0 Å². The van der Waals surface area contributed by atoms with Gasteiger partial charge in [0.25, 0.3) is 0 Å². The maximum absolute atomic E-state index is 6.07. The summed E-state index contributed by atoms with van der Waals surface area (Å²) in [6, 6.07) is 10.6. The number of hydrogen-bond donors (Lipinski definition) is 0. The maximum Gasteiger partial charge on any atom is 0.172 e. The van der Waals surface area contributed by atoms with Crippen LogP contribution in [0.5, 0.6) is 0 Å². The molecule has 0 radical (unpaired) electrons. The van der Waals surface area contributed by atoms with Gasteiger partial charge < -0.3 is 9.47 Å². The zero-order chi connectivity index (χ0) is 15.4. The van der Waals surface area contributed by atoms with Gasteiger partial charge in [0.15, 0.2) is 6.29 Å². The molecule has 0 amide bonds. The summed E-state index contributed by atoms with van der Waals surface area (Å²) >= 11 is 0. The third-order valence-corrected chi connectivity index (χ3v) is 5.41. The van der Waals surface area contributed by atoms with Crippen LogP contribution in [0.2, 0.25) is 0 Å². The molecular formula is C20H22O2. The number of fused-ring (bicyclic) bond motifs is 1. The second-order valence-electron chi connectivity index (χ2n) is 6.95. The quantitative estimate of drug-likeness (QED) is 0.755. The highest BCUT2D eigenvalue weighted by Gasteiger charge is 2.74. The largest absolute Gasteiger partial charge is 0.351 e. The summed E-state index contributed by atoms with van der Waals surface area (Å²) in [5, 5.41) is 0. The van der Waals surface area contributed by atoms with Gasteiger partial charge >= 0.3 is 0 Å². The van der Waals surface area contributed by atoms with E-state index in [1.165, 1.54) is 22.3 Å². The highest BCUT2D eigenvalue weighted by atomic mass is 16.7. The molecule has 1 heterocycles. The average molecular weight is 294 g/mol. The Bertz CT molecular complexity index is 698. The zero-order valence-electron chi connectivity index (χ0n) is 13.5. The molecule has 0 spiro atoms. The maximum atomic E-state index is 6.07. The van der Waals surface area contributed by atoms with Crippen molar-refractivity contribution in [3.63, 3.8) is 0 Å². The SMILES string of the molecule is CC1=C(c2ccccc2)C2(C3OCCCO3)C(=C=C1)C2(C)C. The first kappa shape index (κ1) is 14.0. The Balaban J connectivity index is 1.90. The molecule has 1 unspecified atom stereocenters. The minimum atomic E-state index is -0.197. The van der Waals surface area contributed by atoms with E-state index in [0.717, 1.165) is 19.6 Å². The average Bonchev–Trinajstić information content (AvgIpc) is 3.06. The van der Waals surface area contributed by atoms with Crippen LogP contribution in [0, 0.1) is 10.8 Å². The lowest BCUT2D eigenvalue weighted by atomic mass is 9.79. The molecule has 1 aromatic rings. The van der Waals surface area contributed by atoms with Gasteiger partial charge in [-0.1, -0.05) is 44.2 Å². The zero-order valence-corrected chi connectivity index (χ0v) is 13.5. The molecule has 0 bridgehead atoms. The first-order valence-corrected chi connectivity index (χ1v) is 8.08. The highest BCUT2D eigenvalue weighted by molar-refractivity contribution is 5.86. The van der Waals surface area contributed by atoms with Gasteiger partial charge in [-0.05, 0) is 41.7 Å². The summed E-state index contributed by atoms with van der Waals surface area (Å²) in [6.45, 7) is 8.30. The Labute approximate surface area is 132 Å². The molecule has 1 saturated carbocycles. The van der Waals surface area contributed by atoms with E-state index in [1.54, 1.807) is 0 Å². The Morgan fingerprint density at radius 1 is 1.09 bits per heavy atom. The first-order chi connectivity index (χ1) is 10.6. The topological polar surface area (TPSA) is 18.5 Å². The van der Waals surface area contributed by atoms with Crippen LogP contribution in [-0.4, -0.2) is 19.5 Å². The Hall–Kier alpha value is -1.60. The van der Waals surface area contributed by atoms with Crippen molar-refractivity contribution in [1.29, 1.82) is 0 Å². The molecule has 1 atom stereocenters. The summed E-state index contributed by atoms with van der Waals surface area (Å²) in [6.07, 6.45) is 2.90. The van der Waals surface area contributed by atoms with Gasteiger partial charge in [0.1, 0.15) is 0 Å². The van der Waals surface area contributed by atoms with Crippen molar-refractivity contribution < 1.29 is 9.47 Å². The molecule has 2 heteroatoms. The van der Waals surface area contributed by atoms with Crippen LogP contribution >= 0.6 is 0 Å². The molecule has 0 aromatic heterocycles. The number of allylic oxidation sites excluding steroid dienone is 1. The predicted molar refractivity (Wildman–Crippen MR) is 87.2 cm³/mol. The summed E-state index contributed by atoms with van der Waals surface area (Å²) in [4.78, 5) is 0. The number of hydrogen-bond acceptors (Lipinski definition) is 2. The minimum Gasteiger partial charge on any atom is -0.351 e. The van der Waals surface area contributed by atoms with E-state index in [4.69, 9.17) is 9.47 Å². The lowest BCUT2D eigenvalue weighted by Gasteiger charge is -2.35. The molecule has 1 saturated heterocycles. The van der Waals surface area contributed by atoms with Crippen LogP contribution in [0.15, 0.2) is 53.3 Å². The van der Waals surface area contributed by atoms with Gasteiger partial charge in [-0.15, -0.1) is 5.73 Å². The van der Waals surface area contributed by atoms with Gasteiger partial charge in [0.2, 0.25) is 0 Å². The highest BCUT2D eigenvalue weighted by Crippen LogP contribution is 2.77. The fraction of sp³-hybridized carbons (Fsp3) is 0.450. The number of ether oxygens (including phenoxy) is 2. The van der Waals surface area contributed by atoms with Gasteiger partial charge in [-0.2, -0.15) is 0 Å². The Morgan fingerprint density at radius 3 is 2.45 bits per heavy atom. The summed E-state index contributed by atoms with van der Waals surface area (Å²) in [5.41, 5.74) is 8.53. The van der Waals surface area contributed by atoms with Crippen LogP contribution in [-0.2, 0) is 9.47 Å². The summed E-state index contributed by atoms with van der Waals surface area (Å²) in [7, 11) is 0. The van der Waals surface area contributed by atoms with E-state index in [2.05, 4.69) is 62.9 Å². The van der Waals surface area contributed by atoms with Gasteiger partial charge in [0.05, 0.1) is 18.6 Å². The monoisotopic (exact) mass is 294 g/mol. The summed E-state index contributed by atoms with van der Waals surface area (Å²) in [5.74, 6) is 0. The normalized spacial score (nSPS) is 30.0. The fourth-order valence-corrected chi connectivity index (χ4v) is 4.31. The molecule has 2 fully saturated rings. The molecule has 2 aliphatic carbocycles. The molecule has 1 aromatic carbocycles. The lowest BCUT2D eigenvalue weighted by molar-refractivity contribution is -0.205. The van der Waals surface area contributed by atoms with Crippen molar-refractivity contribution in [3.05, 3.63) is 58.8 Å².